The Bertz CT molecular complexity index is 40.5. The Hall–Kier alpha value is 0.310. The van der Waals surface area contributed by atoms with Gasteiger partial charge in [-0.3, -0.25) is 0 Å². The molecule has 4 N–H and O–H groups in total. The van der Waals surface area contributed by atoms with Gasteiger partial charge in [-0.2, -0.15) is 0 Å². The molecule has 0 aliphatic carbocycles. The van der Waals surface area contributed by atoms with E-state index in [-0.39, 0.29) is 13.4 Å². The van der Waals surface area contributed by atoms with Crippen LogP contribution in [0.3, 0.4) is 0 Å². The largest absolute Gasteiger partial charge is 0.412 e. The van der Waals surface area contributed by atoms with E-state index in [9.17, 15) is 0 Å². The Morgan fingerprint density at radius 3 is 1.75 bits per heavy atom. The van der Waals surface area contributed by atoms with Gasteiger partial charge in [-0.25, -0.2) is 0 Å². The normalized spacial score (nSPS) is 9.75. The van der Waals surface area contributed by atoms with Crippen LogP contribution in [0, 0.1) is 0 Å². The fraction of sp³-hybridized carbons (Fsp3) is 1.00. The van der Waals surface area contributed by atoms with Gasteiger partial charge in [0, 0.05) is 6.16 Å². The zero-order chi connectivity index (χ0) is 5.86. The van der Waals surface area contributed by atoms with Crippen LogP contribution in [0.5, 0.6) is 0 Å². The Morgan fingerprint density at radius 2 is 1.75 bits per heavy atom. The summed E-state index contributed by atoms with van der Waals surface area (Å²) in [5, 5.41) is 16.6. The summed E-state index contributed by atoms with van der Waals surface area (Å²) in [7, 11) is -0.140. The lowest BCUT2D eigenvalue weighted by molar-refractivity contribution is -0.0194. The minimum Gasteiger partial charge on any atom is -0.412 e. The summed E-state index contributed by atoms with van der Waals surface area (Å²) < 4.78 is 0. The molecule has 0 aliphatic rings. The van der Waals surface area contributed by atoms with Gasteiger partial charge in [0.15, 0.2) is 6.29 Å². The van der Waals surface area contributed by atoms with Crippen molar-refractivity contribution in [2.45, 2.75) is 6.29 Å². The molecule has 3 nitrogen and oxygen atoms in total. The van der Waals surface area contributed by atoms with Gasteiger partial charge in [0.25, 0.3) is 0 Å². The maximum absolute atomic E-state index is 8.29. The summed E-state index contributed by atoms with van der Waals surface area (Å²) in [5.41, 5.74) is 0. The first-order chi connectivity index (χ1) is 3.13. The Labute approximate surface area is 50.4 Å². The molecule has 0 saturated heterocycles. The summed E-state index contributed by atoms with van der Waals surface area (Å²) in [6, 6.07) is 0. The monoisotopic (exact) mass is 140 g/mol. The van der Waals surface area contributed by atoms with Crippen LogP contribution in [-0.2, 0) is 0 Å². The molecule has 8 heavy (non-hydrogen) atoms. The van der Waals surface area contributed by atoms with Gasteiger partial charge in [0.1, 0.15) is 0 Å². The van der Waals surface area contributed by atoms with Gasteiger partial charge >= 0.3 is 0 Å². The number of aliphatic hydroxyl groups excluding tert-OH is 1. The van der Waals surface area contributed by atoms with Crippen molar-refractivity contribution in [2.24, 2.45) is 0 Å². The zero-order valence-corrected chi connectivity index (χ0v) is 6.02. The van der Waals surface area contributed by atoms with Crippen LogP contribution in [0.4, 0.5) is 0 Å². The van der Waals surface area contributed by atoms with Crippen molar-refractivity contribution in [1.82, 2.24) is 0 Å². The molecule has 0 aromatic carbocycles. The molecular formula is C4H13O3P. The van der Waals surface area contributed by atoms with Crippen LogP contribution in [0.15, 0.2) is 0 Å². The summed E-state index contributed by atoms with van der Waals surface area (Å²) >= 11 is 0. The van der Waals surface area contributed by atoms with Crippen molar-refractivity contribution in [2.75, 3.05) is 19.5 Å². The fourth-order valence-electron chi connectivity index (χ4n) is 0.327. The highest BCUT2D eigenvalue weighted by atomic mass is 31.1. The number of rotatable bonds is 2. The van der Waals surface area contributed by atoms with Gasteiger partial charge in [0.05, 0.1) is 0 Å². The third-order valence-electron chi connectivity index (χ3n) is 0.528. The van der Waals surface area contributed by atoms with Gasteiger partial charge < -0.3 is 15.7 Å². The predicted molar refractivity (Wildman–Crippen MR) is 35.5 cm³/mol. The molecule has 0 radical (unpaired) electrons. The van der Waals surface area contributed by atoms with Crippen LogP contribution in [0.25, 0.3) is 0 Å². The first-order valence-electron chi connectivity index (χ1n) is 2.14. The lowest BCUT2D eigenvalue weighted by Crippen LogP contribution is -2.07. The van der Waals surface area contributed by atoms with E-state index in [1.165, 1.54) is 0 Å². The van der Waals surface area contributed by atoms with E-state index in [1.54, 1.807) is 0 Å². The summed E-state index contributed by atoms with van der Waals surface area (Å²) in [6.45, 7) is 4.02. The molecule has 0 aromatic heterocycles. The summed E-state index contributed by atoms with van der Waals surface area (Å²) in [5.74, 6) is 0. The molecule has 0 rings (SSSR count). The van der Waals surface area contributed by atoms with Crippen LogP contribution in [0.1, 0.15) is 0 Å². The van der Waals surface area contributed by atoms with Gasteiger partial charge in [0.2, 0.25) is 0 Å². The second-order valence-corrected chi connectivity index (χ2v) is 4.27. The Kier molecular flexibility index (Phi) is 7.59. The maximum atomic E-state index is 8.29. The number of aliphatic hydroxyl groups is 2. The van der Waals surface area contributed by atoms with E-state index in [0.29, 0.717) is 6.16 Å². The summed E-state index contributed by atoms with van der Waals surface area (Å²) in [4.78, 5) is 0. The topological polar surface area (TPSA) is 72.0 Å². The first kappa shape index (κ1) is 11.2. The zero-order valence-electron chi connectivity index (χ0n) is 5.13. The highest BCUT2D eigenvalue weighted by molar-refractivity contribution is 7.56. The van der Waals surface area contributed by atoms with Crippen molar-refractivity contribution in [3.8, 4) is 0 Å². The third-order valence-corrected chi connectivity index (χ3v) is 1.59. The molecule has 0 aliphatic heterocycles. The summed E-state index contributed by atoms with van der Waals surface area (Å²) in [6.07, 6.45) is -0.559. The first-order valence-corrected chi connectivity index (χ1v) is 4.56. The highest BCUT2D eigenvalue weighted by Gasteiger charge is 1.98. The van der Waals surface area contributed by atoms with Gasteiger partial charge in [-0.05, 0) is 13.3 Å². The molecule has 0 unspecified atom stereocenters. The minimum atomic E-state index is -1.10. The minimum absolute atomic E-state index is 0. The molecule has 4 heteroatoms. The van der Waals surface area contributed by atoms with Crippen LogP contribution >= 0.6 is 7.92 Å². The second-order valence-electron chi connectivity index (χ2n) is 1.74. The van der Waals surface area contributed by atoms with Gasteiger partial charge in [-0.15, -0.1) is 7.92 Å². The molecule has 0 saturated carbocycles. The van der Waals surface area contributed by atoms with Crippen molar-refractivity contribution in [3.05, 3.63) is 0 Å². The smallest absolute Gasteiger partial charge is 0.155 e. The highest BCUT2D eigenvalue weighted by Crippen LogP contribution is 2.23. The van der Waals surface area contributed by atoms with Crippen molar-refractivity contribution >= 4 is 7.92 Å². The molecule has 0 atom stereocenters. The molecule has 0 aromatic rings. The lowest BCUT2D eigenvalue weighted by atomic mass is 10.8. The number of hydrogen-bond donors (Lipinski definition) is 2. The molecule has 0 amide bonds. The van der Waals surface area contributed by atoms with Gasteiger partial charge in [-0.1, -0.05) is 0 Å². The molecule has 0 spiro atoms. The average Bonchev–Trinajstić information content (AvgIpc) is 1.27. The van der Waals surface area contributed by atoms with E-state index < -0.39 is 6.29 Å². The van der Waals surface area contributed by atoms with Crippen LogP contribution in [0.2, 0.25) is 0 Å². The van der Waals surface area contributed by atoms with Crippen molar-refractivity contribution in [3.63, 3.8) is 0 Å². The average molecular weight is 140 g/mol. The molecule has 0 heterocycles. The Balaban J connectivity index is 0. The van der Waals surface area contributed by atoms with E-state index >= 15 is 0 Å². The SMILES string of the molecule is CP(C)CC(O)O.O. The standard InChI is InChI=1S/C4H11O2P.H2O/c1-7(2)3-4(5)6;/h4-6H,3H2,1-2H3;1H2. The third kappa shape index (κ3) is 9.58. The molecule has 0 bridgehead atoms. The number of hydrogen-bond acceptors (Lipinski definition) is 2. The van der Waals surface area contributed by atoms with E-state index in [0.717, 1.165) is 0 Å². The van der Waals surface area contributed by atoms with E-state index in [1.807, 2.05) is 13.3 Å². The quantitative estimate of drug-likeness (QED) is 0.390. The van der Waals surface area contributed by atoms with Crippen molar-refractivity contribution < 1.29 is 15.7 Å². The maximum Gasteiger partial charge on any atom is 0.155 e. The molecule has 52 valence electrons. The fourth-order valence-corrected chi connectivity index (χ4v) is 0.980. The van der Waals surface area contributed by atoms with Crippen LogP contribution < -0.4 is 0 Å². The van der Waals surface area contributed by atoms with Crippen LogP contribution in [-0.4, -0.2) is 41.5 Å². The lowest BCUT2D eigenvalue weighted by Gasteiger charge is -2.04. The van der Waals surface area contributed by atoms with E-state index in [4.69, 9.17) is 10.2 Å². The molecular weight excluding hydrogens is 127 g/mol. The van der Waals surface area contributed by atoms with Crippen molar-refractivity contribution in [1.29, 1.82) is 0 Å². The Morgan fingerprint density at radius 1 is 1.38 bits per heavy atom. The van der Waals surface area contributed by atoms with E-state index in [2.05, 4.69) is 0 Å². The molecule has 0 fully saturated rings. The predicted octanol–water partition coefficient (Wildman–Crippen LogP) is -0.786. The second kappa shape index (κ2) is 5.45.